The third-order valence-electron chi connectivity index (χ3n) is 2.08. The van der Waals surface area contributed by atoms with Crippen LogP contribution in [0.15, 0.2) is 16.7 Å². The third kappa shape index (κ3) is 5.01. The van der Waals surface area contributed by atoms with Crippen LogP contribution in [0, 0.1) is 6.92 Å². The molecule has 0 radical (unpaired) electrons. The predicted octanol–water partition coefficient (Wildman–Crippen LogP) is 1.93. The van der Waals surface area contributed by atoms with Crippen molar-refractivity contribution in [3.63, 3.8) is 0 Å². The normalized spacial score (nSPS) is 11.5. The molecule has 1 heterocycles. The highest BCUT2D eigenvalue weighted by atomic mass is 79.9. The molecule has 1 aromatic heterocycles. The van der Waals surface area contributed by atoms with E-state index in [1.165, 1.54) is 0 Å². The fraction of sp³-hybridized carbons (Fsp3) is 0.500. The van der Waals surface area contributed by atoms with Crippen LogP contribution in [0.2, 0.25) is 0 Å². The van der Waals surface area contributed by atoms with Gasteiger partial charge in [0.25, 0.3) is 0 Å². The van der Waals surface area contributed by atoms with Gasteiger partial charge in [-0.2, -0.15) is 0 Å². The minimum absolute atomic E-state index is 0.0380. The molecular formula is C10H15BrN2O3S. The lowest BCUT2D eigenvalue weighted by atomic mass is 10.3. The van der Waals surface area contributed by atoms with Gasteiger partial charge in [0.05, 0.1) is 17.1 Å². The smallest absolute Gasteiger partial charge is 0.232 e. The van der Waals surface area contributed by atoms with E-state index < -0.39 is 10.0 Å². The standard InChI is InChI=1S/C10H15BrN2O3S/c1-8-9(4-5-10(11)12-8)13-17(14,15)7-3-6-16-2/h4-5,13H,3,6-7H2,1-2H3. The van der Waals surface area contributed by atoms with Gasteiger partial charge in [-0.05, 0) is 41.4 Å². The molecule has 0 fully saturated rings. The molecule has 7 heteroatoms. The van der Waals surface area contributed by atoms with E-state index in [-0.39, 0.29) is 5.75 Å². The van der Waals surface area contributed by atoms with E-state index in [2.05, 4.69) is 25.6 Å². The van der Waals surface area contributed by atoms with Crippen molar-refractivity contribution >= 4 is 31.6 Å². The number of aromatic nitrogens is 1. The van der Waals surface area contributed by atoms with Crippen LogP contribution in [0.3, 0.4) is 0 Å². The molecule has 5 nitrogen and oxygen atoms in total. The lowest BCUT2D eigenvalue weighted by Gasteiger charge is -2.09. The lowest BCUT2D eigenvalue weighted by Crippen LogP contribution is -2.18. The van der Waals surface area contributed by atoms with E-state index in [4.69, 9.17) is 4.74 Å². The summed E-state index contributed by atoms with van der Waals surface area (Å²) in [7, 11) is -1.78. The molecule has 0 atom stereocenters. The number of ether oxygens (including phenoxy) is 1. The number of halogens is 1. The molecule has 0 saturated heterocycles. The highest BCUT2D eigenvalue weighted by Gasteiger charge is 2.12. The Bertz CT molecular complexity index is 476. The predicted molar refractivity (Wildman–Crippen MR) is 70.6 cm³/mol. The van der Waals surface area contributed by atoms with Crippen molar-refractivity contribution < 1.29 is 13.2 Å². The largest absolute Gasteiger partial charge is 0.385 e. The number of nitrogens with one attached hydrogen (secondary N) is 1. The fourth-order valence-electron chi connectivity index (χ4n) is 1.25. The summed E-state index contributed by atoms with van der Waals surface area (Å²) >= 11 is 3.22. The first-order chi connectivity index (χ1) is 7.94. The minimum atomic E-state index is -3.33. The van der Waals surface area contributed by atoms with Crippen LogP contribution < -0.4 is 4.72 Å². The first-order valence-electron chi connectivity index (χ1n) is 5.07. The molecule has 0 spiro atoms. The van der Waals surface area contributed by atoms with Crippen molar-refractivity contribution in [1.29, 1.82) is 0 Å². The number of pyridine rings is 1. The molecule has 0 aliphatic heterocycles. The molecule has 1 rings (SSSR count). The van der Waals surface area contributed by atoms with E-state index in [0.29, 0.717) is 29.0 Å². The van der Waals surface area contributed by atoms with Crippen molar-refractivity contribution in [2.24, 2.45) is 0 Å². The second-order valence-electron chi connectivity index (χ2n) is 3.53. The molecule has 0 aliphatic carbocycles. The van der Waals surface area contributed by atoms with Gasteiger partial charge in [0.2, 0.25) is 10.0 Å². The molecule has 1 N–H and O–H groups in total. The van der Waals surface area contributed by atoms with Crippen molar-refractivity contribution in [1.82, 2.24) is 4.98 Å². The Labute approximate surface area is 110 Å². The lowest BCUT2D eigenvalue weighted by molar-refractivity contribution is 0.199. The molecular weight excluding hydrogens is 308 g/mol. The second kappa shape index (κ2) is 6.32. The first kappa shape index (κ1) is 14.4. The Hall–Kier alpha value is -0.660. The van der Waals surface area contributed by atoms with Gasteiger partial charge in [0.1, 0.15) is 4.60 Å². The molecule has 0 aromatic carbocycles. The molecule has 17 heavy (non-hydrogen) atoms. The highest BCUT2D eigenvalue weighted by Crippen LogP contribution is 2.17. The van der Waals surface area contributed by atoms with Crippen LogP contribution in [0.1, 0.15) is 12.1 Å². The summed E-state index contributed by atoms with van der Waals surface area (Å²) in [5, 5.41) is 0. The number of methoxy groups -OCH3 is 1. The number of aryl methyl sites for hydroxylation is 1. The van der Waals surface area contributed by atoms with Gasteiger partial charge in [-0.25, -0.2) is 13.4 Å². The molecule has 0 aliphatic rings. The quantitative estimate of drug-likeness (QED) is 0.642. The van der Waals surface area contributed by atoms with Gasteiger partial charge < -0.3 is 4.74 Å². The van der Waals surface area contributed by atoms with Crippen LogP contribution >= 0.6 is 15.9 Å². The number of nitrogens with zero attached hydrogens (tertiary/aromatic N) is 1. The van der Waals surface area contributed by atoms with Crippen LogP contribution in [0.25, 0.3) is 0 Å². The van der Waals surface area contributed by atoms with Gasteiger partial charge in [-0.3, -0.25) is 4.72 Å². The van der Waals surface area contributed by atoms with Crippen LogP contribution in [-0.2, 0) is 14.8 Å². The first-order valence-corrected chi connectivity index (χ1v) is 7.52. The zero-order valence-electron chi connectivity index (χ0n) is 9.73. The maximum atomic E-state index is 11.7. The number of rotatable bonds is 6. The number of anilines is 1. The zero-order valence-corrected chi connectivity index (χ0v) is 12.1. The van der Waals surface area contributed by atoms with E-state index in [1.54, 1.807) is 26.2 Å². The zero-order chi connectivity index (χ0) is 12.9. The average molecular weight is 323 g/mol. The summed E-state index contributed by atoms with van der Waals surface area (Å²) in [5.41, 5.74) is 1.14. The summed E-state index contributed by atoms with van der Waals surface area (Å²) in [4.78, 5) is 4.12. The molecule has 1 aromatic rings. The molecule has 0 amide bonds. The summed E-state index contributed by atoms with van der Waals surface area (Å²) in [6.45, 7) is 2.18. The van der Waals surface area contributed by atoms with Gasteiger partial charge in [-0.15, -0.1) is 0 Å². The molecule has 96 valence electrons. The Morgan fingerprint density at radius 1 is 1.47 bits per heavy atom. The Balaban J connectivity index is 2.69. The number of sulfonamides is 1. The van der Waals surface area contributed by atoms with Gasteiger partial charge in [-0.1, -0.05) is 0 Å². The summed E-state index contributed by atoms with van der Waals surface area (Å²) in [6.07, 6.45) is 0.467. The molecule has 0 bridgehead atoms. The van der Waals surface area contributed by atoms with Crippen LogP contribution in [-0.4, -0.2) is 32.9 Å². The van der Waals surface area contributed by atoms with Gasteiger partial charge >= 0.3 is 0 Å². The number of hydrogen-bond acceptors (Lipinski definition) is 4. The minimum Gasteiger partial charge on any atom is -0.385 e. The maximum Gasteiger partial charge on any atom is 0.232 e. The van der Waals surface area contributed by atoms with E-state index in [9.17, 15) is 8.42 Å². The molecule has 0 saturated carbocycles. The van der Waals surface area contributed by atoms with Crippen LogP contribution in [0.5, 0.6) is 0 Å². The Morgan fingerprint density at radius 2 is 2.18 bits per heavy atom. The van der Waals surface area contributed by atoms with E-state index in [1.807, 2.05) is 0 Å². The monoisotopic (exact) mass is 322 g/mol. The second-order valence-corrected chi connectivity index (χ2v) is 6.19. The Kier molecular flexibility index (Phi) is 5.35. The van der Waals surface area contributed by atoms with Gasteiger partial charge in [0.15, 0.2) is 0 Å². The molecule has 0 unspecified atom stereocenters. The SMILES string of the molecule is COCCCS(=O)(=O)Nc1ccc(Br)nc1C. The van der Waals surface area contributed by atoms with Gasteiger partial charge in [0, 0.05) is 13.7 Å². The summed E-state index contributed by atoms with van der Waals surface area (Å²) in [5.74, 6) is 0.0380. The third-order valence-corrected chi connectivity index (χ3v) is 3.88. The van der Waals surface area contributed by atoms with Crippen molar-refractivity contribution in [3.05, 3.63) is 22.4 Å². The summed E-state index contributed by atoms with van der Waals surface area (Å²) in [6, 6.07) is 3.38. The van der Waals surface area contributed by atoms with Crippen molar-refractivity contribution in [3.8, 4) is 0 Å². The fourth-order valence-corrected chi connectivity index (χ4v) is 2.80. The topological polar surface area (TPSA) is 68.3 Å². The summed E-state index contributed by atoms with van der Waals surface area (Å²) < 4.78 is 31.4. The van der Waals surface area contributed by atoms with Crippen molar-refractivity contribution in [2.45, 2.75) is 13.3 Å². The van der Waals surface area contributed by atoms with E-state index in [0.717, 1.165) is 0 Å². The maximum absolute atomic E-state index is 11.7. The Morgan fingerprint density at radius 3 is 2.76 bits per heavy atom. The van der Waals surface area contributed by atoms with Crippen molar-refractivity contribution in [2.75, 3.05) is 24.2 Å². The highest BCUT2D eigenvalue weighted by molar-refractivity contribution is 9.10. The van der Waals surface area contributed by atoms with E-state index >= 15 is 0 Å². The average Bonchev–Trinajstić information content (AvgIpc) is 2.22. The number of hydrogen-bond donors (Lipinski definition) is 1. The van der Waals surface area contributed by atoms with Crippen LogP contribution in [0.4, 0.5) is 5.69 Å².